The van der Waals surface area contributed by atoms with Crippen LogP contribution in [-0.4, -0.2) is 80.1 Å². The van der Waals surface area contributed by atoms with Crippen LogP contribution in [0.25, 0.3) is 16.9 Å². The zero-order valence-corrected chi connectivity index (χ0v) is 20.4. The number of halogens is 1. The number of carbonyl (C=O) groups is 1. The van der Waals surface area contributed by atoms with Gasteiger partial charge in [0, 0.05) is 30.9 Å². The number of amides is 1. The number of fused-ring (bicyclic) bond motifs is 1. The molecule has 9 nitrogen and oxygen atoms in total. The van der Waals surface area contributed by atoms with Crippen LogP contribution in [0, 0.1) is 11.7 Å². The van der Waals surface area contributed by atoms with Crippen LogP contribution in [0.2, 0.25) is 0 Å². The maximum atomic E-state index is 14.7. The van der Waals surface area contributed by atoms with Gasteiger partial charge in [-0.15, -0.1) is 0 Å². The van der Waals surface area contributed by atoms with E-state index in [0.29, 0.717) is 17.3 Å². The number of hydrogen-bond donors (Lipinski definition) is 1. The van der Waals surface area contributed by atoms with Gasteiger partial charge in [-0.1, -0.05) is 26.0 Å². The number of nitrogens with zero attached hydrogens (tertiary/aromatic N) is 6. The molecule has 2 saturated heterocycles. The number of aliphatic hydroxyl groups excluding tert-OH is 1. The largest absolute Gasteiger partial charge is 0.387 e. The van der Waals surface area contributed by atoms with Crippen molar-refractivity contribution in [1.82, 2.24) is 29.7 Å². The van der Waals surface area contributed by atoms with Crippen LogP contribution in [0.1, 0.15) is 63.0 Å². The van der Waals surface area contributed by atoms with E-state index >= 15 is 0 Å². The number of piperidine rings is 2. The lowest BCUT2D eigenvalue weighted by molar-refractivity contribution is -0.135. The Morgan fingerprint density at radius 3 is 2.60 bits per heavy atom. The number of carbonyl (C=O) groups excluding carboxylic acids is 1. The molecule has 188 valence electrons. The molecule has 0 bridgehead atoms. The molecule has 1 aromatic carbocycles. The minimum atomic E-state index is -0.403. The van der Waals surface area contributed by atoms with E-state index in [1.54, 1.807) is 11.0 Å². The van der Waals surface area contributed by atoms with Crippen LogP contribution in [0.15, 0.2) is 22.7 Å². The molecule has 2 aliphatic rings. The molecule has 0 unspecified atom stereocenters. The molecule has 0 aliphatic carbocycles. The second kappa shape index (κ2) is 10.0. The van der Waals surface area contributed by atoms with E-state index < -0.39 is 6.61 Å². The van der Waals surface area contributed by atoms with Gasteiger partial charge in [0.15, 0.2) is 0 Å². The van der Waals surface area contributed by atoms with Gasteiger partial charge in [0.1, 0.15) is 17.9 Å². The lowest BCUT2D eigenvalue weighted by atomic mass is 9.92. The van der Waals surface area contributed by atoms with Crippen LogP contribution >= 0.6 is 0 Å². The van der Waals surface area contributed by atoms with Gasteiger partial charge in [-0.25, -0.2) is 4.39 Å². The highest BCUT2D eigenvalue weighted by molar-refractivity contribution is 5.84. The number of para-hydroxylation sites is 1. The molecule has 2 aromatic heterocycles. The van der Waals surface area contributed by atoms with E-state index in [1.165, 1.54) is 10.7 Å². The summed E-state index contributed by atoms with van der Waals surface area (Å²) in [4.78, 5) is 20.5. The zero-order chi connectivity index (χ0) is 24.5. The maximum Gasteiger partial charge on any atom is 0.291 e. The van der Waals surface area contributed by atoms with Crippen molar-refractivity contribution in [2.24, 2.45) is 5.92 Å². The molecule has 4 heterocycles. The fraction of sp³-hybridized carbons (Fsp3) is 0.600. The van der Waals surface area contributed by atoms with Gasteiger partial charge in [-0.3, -0.25) is 4.79 Å². The first-order valence-electron chi connectivity index (χ1n) is 12.6. The Balaban J connectivity index is 1.21. The molecule has 3 aromatic rings. The molecule has 0 atom stereocenters. The Bertz CT molecular complexity index is 1180. The summed E-state index contributed by atoms with van der Waals surface area (Å²) in [5, 5.41) is 18.6. The van der Waals surface area contributed by atoms with Crippen LogP contribution < -0.4 is 0 Å². The van der Waals surface area contributed by atoms with Crippen LogP contribution in [-0.2, 0) is 4.79 Å². The summed E-state index contributed by atoms with van der Waals surface area (Å²) in [7, 11) is 0. The number of likely N-dealkylation sites (tertiary alicyclic amines) is 2. The monoisotopic (exact) mass is 484 g/mol. The van der Waals surface area contributed by atoms with Crippen molar-refractivity contribution >= 4 is 16.8 Å². The van der Waals surface area contributed by atoms with Crippen molar-refractivity contribution in [2.45, 2.75) is 51.4 Å². The Labute approximate surface area is 203 Å². The predicted molar refractivity (Wildman–Crippen MR) is 128 cm³/mol. The average molecular weight is 485 g/mol. The first kappa shape index (κ1) is 23.9. The van der Waals surface area contributed by atoms with Gasteiger partial charge in [0.25, 0.3) is 5.95 Å². The normalized spacial score (nSPS) is 18.7. The molecule has 0 spiro atoms. The van der Waals surface area contributed by atoms with E-state index in [1.807, 2.05) is 19.9 Å². The van der Waals surface area contributed by atoms with Gasteiger partial charge in [0.2, 0.25) is 11.8 Å². The lowest BCUT2D eigenvalue weighted by Gasteiger charge is -2.37. The molecule has 5 rings (SSSR count). The number of aliphatic hydroxyl groups is 1. The number of hydrogen-bond acceptors (Lipinski definition) is 7. The standard InChI is InChI=1S/C25H33FN6O3/c1-16(2)22-19-4-3-5-20(26)23(19)32(28-22)25-27-24(35-29-25)18-8-10-30(11-9-18)14-17-6-12-31(13-7-17)21(34)15-33/h3-5,16-18,33H,6-15H2,1-2H3. The van der Waals surface area contributed by atoms with Crippen LogP contribution in [0.4, 0.5) is 4.39 Å². The number of benzene rings is 1. The summed E-state index contributed by atoms with van der Waals surface area (Å²) < 4.78 is 21.8. The lowest BCUT2D eigenvalue weighted by Crippen LogP contribution is -2.43. The van der Waals surface area contributed by atoms with Crippen molar-refractivity contribution in [1.29, 1.82) is 0 Å². The Morgan fingerprint density at radius 1 is 1.17 bits per heavy atom. The van der Waals surface area contributed by atoms with Gasteiger partial charge >= 0.3 is 0 Å². The molecule has 35 heavy (non-hydrogen) atoms. The summed E-state index contributed by atoms with van der Waals surface area (Å²) in [6.07, 6.45) is 3.81. The van der Waals surface area contributed by atoms with Crippen molar-refractivity contribution in [3.8, 4) is 5.95 Å². The van der Waals surface area contributed by atoms with Crippen molar-refractivity contribution in [3.05, 3.63) is 35.6 Å². The highest BCUT2D eigenvalue weighted by atomic mass is 19.1. The first-order chi connectivity index (χ1) is 16.9. The SMILES string of the molecule is CC(C)c1nn(-c2noc(C3CCN(CC4CCN(C(=O)CO)CC4)CC3)n2)c2c(F)cccc12. The van der Waals surface area contributed by atoms with Gasteiger partial charge in [0.05, 0.1) is 5.69 Å². The van der Waals surface area contributed by atoms with E-state index in [2.05, 4.69) is 20.1 Å². The summed E-state index contributed by atoms with van der Waals surface area (Å²) in [5.74, 6) is 1.21. The van der Waals surface area contributed by atoms with Gasteiger partial charge < -0.3 is 19.4 Å². The average Bonchev–Trinajstić information content (AvgIpc) is 3.50. The molecule has 1 amide bonds. The quantitative estimate of drug-likeness (QED) is 0.574. The van der Waals surface area contributed by atoms with E-state index in [4.69, 9.17) is 9.63 Å². The molecule has 2 aliphatic heterocycles. The highest BCUT2D eigenvalue weighted by Crippen LogP contribution is 2.31. The van der Waals surface area contributed by atoms with Crippen molar-refractivity contribution in [3.63, 3.8) is 0 Å². The third-order valence-corrected chi connectivity index (χ3v) is 7.41. The molecular weight excluding hydrogens is 451 g/mol. The minimum Gasteiger partial charge on any atom is -0.387 e. The first-order valence-corrected chi connectivity index (χ1v) is 12.6. The summed E-state index contributed by atoms with van der Waals surface area (Å²) >= 11 is 0. The van der Waals surface area contributed by atoms with E-state index in [0.717, 1.165) is 69.5 Å². The number of aromatic nitrogens is 4. The van der Waals surface area contributed by atoms with Crippen molar-refractivity contribution < 1.29 is 18.8 Å². The van der Waals surface area contributed by atoms with Crippen LogP contribution in [0.5, 0.6) is 0 Å². The highest BCUT2D eigenvalue weighted by Gasteiger charge is 2.29. The second-order valence-corrected chi connectivity index (χ2v) is 10.1. The molecule has 0 radical (unpaired) electrons. The Hall–Kier alpha value is -2.85. The van der Waals surface area contributed by atoms with Crippen molar-refractivity contribution in [2.75, 3.05) is 39.3 Å². The molecule has 10 heteroatoms. The van der Waals surface area contributed by atoms with Crippen LogP contribution in [0.3, 0.4) is 0 Å². The molecular formula is C25H33FN6O3. The molecule has 2 fully saturated rings. The Morgan fingerprint density at radius 2 is 1.91 bits per heavy atom. The van der Waals surface area contributed by atoms with Gasteiger partial charge in [-0.2, -0.15) is 14.8 Å². The topological polar surface area (TPSA) is 101 Å². The summed E-state index contributed by atoms with van der Waals surface area (Å²) in [6, 6.07) is 5.00. The number of rotatable bonds is 6. The van der Waals surface area contributed by atoms with E-state index in [9.17, 15) is 9.18 Å². The second-order valence-electron chi connectivity index (χ2n) is 10.1. The summed E-state index contributed by atoms with van der Waals surface area (Å²) in [6.45, 7) is 8.05. The maximum absolute atomic E-state index is 14.7. The van der Waals surface area contributed by atoms with E-state index in [-0.39, 0.29) is 29.5 Å². The fourth-order valence-corrected chi connectivity index (χ4v) is 5.39. The zero-order valence-electron chi connectivity index (χ0n) is 20.4. The summed E-state index contributed by atoms with van der Waals surface area (Å²) in [5.41, 5.74) is 1.19. The molecule has 1 N–H and O–H groups in total. The third-order valence-electron chi connectivity index (χ3n) is 7.41. The molecule has 0 saturated carbocycles. The van der Waals surface area contributed by atoms with Gasteiger partial charge in [-0.05, 0) is 61.8 Å². The predicted octanol–water partition coefficient (Wildman–Crippen LogP) is 3.08. The Kier molecular flexibility index (Phi) is 6.84. The minimum absolute atomic E-state index is 0.138. The third kappa shape index (κ3) is 4.81. The fourth-order valence-electron chi connectivity index (χ4n) is 5.39. The smallest absolute Gasteiger partial charge is 0.291 e.